The van der Waals surface area contributed by atoms with E-state index in [4.69, 9.17) is 9.26 Å². The zero-order chi connectivity index (χ0) is 17.5. The summed E-state index contributed by atoms with van der Waals surface area (Å²) in [6, 6.07) is 6.57. The second kappa shape index (κ2) is 8.98. The first-order chi connectivity index (χ1) is 12.3. The average Bonchev–Trinajstić information content (AvgIpc) is 3.30. The number of rotatable bonds is 6. The molecular formula is C17H25N5O2S. The molecule has 0 amide bonds. The molecule has 3 rings (SSSR count). The Balaban J connectivity index is 1.60. The average molecular weight is 363 g/mol. The third-order valence-electron chi connectivity index (χ3n) is 4.19. The Kier molecular flexibility index (Phi) is 6.43. The molecule has 1 atom stereocenters. The van der Waals surface area contributed by atoms with Gasteiger partial charge in [0.25, 0.3) is 0 Å². The molecule has 2 N–H and O–H groups in total. The molecule has 2 aromatic rings. The van der Waals surface area contributed by atoms with Gasteiger partial charge in [0.1, 0.15) is 12.0 Å². The molecule has 7 nitrogen and oxygen atoms in total. The van der Waals surface area contributed by atoms with E-state index in [-0.39, 0.29) is 0 Å². The van der Waals surface area contributed by atoms with E-state index < -0.39 is 0 Å². The Bertz CT molecular complexity index is 664. The number of nitrogens with one attached hydrogen (secondary N) is 2. The Hall–Kier alpha value is -1.90. The number of aliphatic imine (C=N–C) groups is 1. The van der Waals surface area contributed by atoms with Gasteiger partial charge in [-0.1, -0.05) is 5.16 Å². The van der Waals surface area contributed by atoms with E-state index in [2.05, 4.69) is 44.7 Å². The van der Waals surface area contributed by atoms with E-state index in [1.807, 2.05) is 17.4 Å². The number of aromatic nitrogens is 1. The van der Waals surface area contributed by atoms with Crippen LogP contribution in [0.3, 0.4) is 0 Å². The SMILES string of the molecule is CN=C(NCc1ccon1)NCC(c1ccc(C)s1)N1CCOCC1. The van der Waals surface area contributed by atoms with E-state index >= 15 is 0 Å². The van der Waals surface area contributed by atoms with Crippen LogP contribution in [0.15, 0.2) is 34.0 Å². The van der Waals surface area contributed by atoms with Crippen molar-refractivity contribution in [1.82, 2.24) is 20.7 Å². The third-order valence-corrected chi connectivity index (χ3v) is 5.29. The minimum atomic E-state index is 0.313. The minimum absolute atomic E-state index is 0.313. The summed E-state index contributed by atoms with van der Waals surface area (Å²) in [6.45, 7) is 7.01. The Morgan fingerprint density at radius 1 is 1.32 bits per heavy atom. The lowest BCUT2D eigenvalue weighted by molar-refractivity contribution is 0.0177. The molecule has 0 spiro atoms. The maximum Gasteiger partial charge on any atom is 0.191 e. The van der Waals surface area contributed by atoms with Gasteiger partial charge < -0.3 is 19.9 Å². The normalized spacial score (nSPS) is 17.4. The zero-order valence-electron chi connectivity index (χ0n) is 14.7. The van der Waals surface area contributed by atoms with Crippen LogP contribution in [0.25, 0.3) is 0 Å². The van der Waals surface area contributed by atoms with Crippen molar-refractivity contribution in [1.29, 1.82) is 0 Å². The molecule has 1 fully saturated rings. The van der Waals surface area contributed by atoms with Crippen LogP contribution in [0.5, 0.6) is 0 Å². The smallest absolute Gasteiger partial charge is 0.191 e. The van der Waals surface area contributed by atoms with Gasteiger partial charge in [0, 0.05) is 42.5 Å². The van der Waals surface area contributed by atoms with E-state index in [1.165, 1.54) is 9.75 Å². The van der Waals surface area contributed by atoms with Crippen molar-refractivity contribution in [2.24, 2.45) is 4.99 Å². The van der Waals surface area contributed by atoms with Gasteiger partial charge in [-0.05, 0) is 19.1 Å². The third kappa shape index (κ3) is 5.04. The quantitative estimate of drug-likeness (QED) is 0.602. The zero-order valence-corrected chi connectivity index (χ0v) is 15.5. The number of guanidine groups is 1. The van der Waals surface area contributed by atoms with Gasteiger partial charge in [0.2, 0.25) is 0 Å². The summed E-state index contributed by atoms with van der Waals surface area (Å²) in [5, 5.41) is 10.6. The summed E-state index contributed by atoms with van der Waals surface area (Å²) < 4.78 is 10.4. The van der Waals surface area contributed by atoms with Crippen molar-refractivity contribution in [3.8, 4) is 0 Å². The Morgan fingerprint density at radius 3 is 2.80 bits per heavy atom. The largest absolute Gasteiger partial charge is 0.379 e. The number of aryl methyl sites for hydroxylation is 1. The molecule has 2 aromatic heterocycles. The number of hydrogen-bond donors (Lipinski definition) is 2. The van der Waals surface area contributed by atoms with Gasteiger partial charge in [-0.2, -0.15) is 0 Å². The molecule has 1 aliphatic heterocycles. The molecule has 8 heteroatoms. The number of morpholine rings is 1. The van der Waals surface area contributed by atoms with Crippen molar-refractivity contribution in [2.75, 3.05) is 39.9 Å². The second-order valence-electron chi connectivity index (χ2n) is 5.91. The fourth-order valence-electron chi connectivity index (χ4n) is 2.85. The van der Waals surface area contributed by atoms with Crippen LogP contribution in [0.1, 0.15) is 21.5 Å². The Morgan fingerprint density at radius 2 is 2.16 bits per heavy atom. The first-order valence-corrected chi connectivity index (χ1v) is 9.30. The molecule has 25 heavy (non-hydrogen) atoms. The summed E-state index contributed by atoms with van der Waals surface area (Å²) in [5.74, 6) is 0.759. The predicted molar refractivity (Wildman–Crippen MR) is 98.9 cm³/mol. The first-order valence-electron chi connectivity index (χ1n) is 8.48. The van der Waals surface area contributed by atoms with Crippen LogP contribution < -0.4 is 10.6 Å². The van der Waals surface area contributed by atoms with Crippen LogP contribution in [-0.2, 0) is 11.3 Å². The van der Waals surface area contributed by atoms with Gasteiger partial charge in [-0.25, -0.2) is 0 Å². The van der Waals surface area contributed by atoms with E-state index in [1.54, 1.807) is 13.3 Å². The van der Waals surface area contributed by atoms with Crippen LogP contribution >= 0.6 is 11.3 Å². The summed E-state index contributed by atoms with van der Waals surface area (Å²) in [5.41, 5.74) is 0.849. The minimum Gasteiger partial charge on any atom is -0.379 e. The summed E-state index contributed by atoms with van der Waals surface area (Å²) in [4.78, 5) is 9.49. The molecule has 0 saturated carbocycles. The highest BCUT2D eigenvalue weighted by molar-refractivity contribution is 7.12. The Labute approximate surface area is 152 Å². The highest BCUT2D eigenvalue weighted by Gasteiger charge is 2.24. The highest BCUT2D eigenvalue weighted by atomic mass is 32.1. The number of nitrogens with zero attached hydrogens (tertiary/aromatic N) is 3. The lowest BCUT2D eigenvalue weighted by Gasteiger charge is -2.34. The summed E-state index contributed by atoms with van der Waals surface area (Å²) in [6.07, 6.45) is 1.57. The molecule has 1 unspecified atom stereocenters. The predicted octanol–water partition coefficient (Wildman–Crippen LogP) is 1.78. The number of thiophene rings is 1. The van der Waals surface area contributed by atoms with Crippen molar-refractivity contribution in [2.45, 2.75) is 19.5 Å². The summed E-state index contributed by atoms with van der Waals surface area (Å²) >= 11 is 1.85. The molecule has 0 bridgehead atoms. The van der Waals surface area contributed by atoms with Crippen LogP contribution in [0, 0.1) is 6.92 Å². The maximum absolute atomic E-state index is 5.51. The molecule has 3 heterocycles. The fourth-order valence-corrected chi connectivity index (χ4v) is 3.86. The molecule has 0 aliphatic carbocycles. The lowest BCUT2D eigenvalue weighted by Crippen LogP contribution is -2.46. The second-order valence-corrected chi connectivity index (χ2v) is 7.23. The summed E-state index contributed by atoms with van der Waals surface area (Å²) in [7, 11) is 1.77. The van der Waals surface area contributed by atoms with Crippen molar-refractivity contribution < 1.29 is 9.26 Å². The van der Waals surface area contributed by atoms with Crippen molar-refractivity contribution in [3.05, 3.63) is 39.9 Å². The molecule has 0 radical (unpaired) electrons. The van der Waals surface area contributed by atoms with Crippen molar-refractivity contribution >= 4 is 17.3 Å². The van der Waals surface area contributed by atoms with E-state index in [0.29, 0.717) is 12.6 Å². The van der Waals surface area contributed by atoms with Crippen LogP contribution in [-0.4, -0.2) is 55.9 Å². The highest BCUT2D eigenvalue weighted by Crippen LogP contribution is 2.27. The van der Waals surface area contributed by atoms with Gasteiger partial charge in [-0.3, -0.25) is 9.89 Å². The maximum atomic E-state index is 5.51. The topological polar surface area (TPSA) is 74.9 Å². The standard InChI is InChI=1S/C17H25N5O2S/c1-13-3-4-16(25-13)15(22-6-9-23-10-7-22)12-20-17(18-2)19-11-14-5-8-24-21-14/h3-5,8,15H,6-7,9-12H2,1-2H3,(H2,18,19,20). The molecule has 1 saturated heterocycles. The molecule has 136 valence electrons. The first kappa shape index (κ1) is 17.9. The van der Waals surface area contributed by atoms with Gasteiger partial charge in [0.05, 0.1) is 25.8 Å². The lowest BCUT2D eigenvalue weighted by atomic mass is 10.2. The monoisotopic (exact) mass is 363 g/mol. The number of ether oxygens (including phenoxy) is 1. The van der Waals surface area contributed by atoms with Crippen LogP contribution in [0.2, 0.25) is 0 Å². The molecular weight excluding hydrogens is 338 g/mol. The molecule has 0 aromatic carbocycles. The van der Waals surface area contributed by atoms with Gasteiger partial charge in [-0.15, -0.1) is 11.3 Å². The number of hydrogen-bond acceptors (Lipinski definition) is 6. The molecule has 1 aliphatic rings. The fraction of sp³-hybridized carbons (Fsp3) is 0.529. The van der Waals surface area contributed by atoms with Crippen molar-refractivity contribution in [3.63, 3.8) is 0 Å². The van der Waals surface area contributed by atoms with E-state index in [0.717, 1.165) is 44.5 Å². The van der Waals surface area contributed by atoms with E-state index in [9.17, 15) is 0 Å². The van der Waals surface area contributed by atoms with Gasteiger partial charge in [0.15, 0.2) is 5.96 Å². The van der Waals surface area contributed by atoms with Gasteiger partial charge >= 0.3 is 0 Å². The van der Waals surface area contributed by atoms with Crippen LogP contribution in [0.4, 0.5) is 0 Å².